The van der Waals surface area contributed by atoms with E-state index in [9.17, 15) is 13.2 Å². The molecule has 3 nitrogen and oxygen atoms in total. The summed E-state index contributed by atoms with van der Waals surface area (Å²) in [6.45, 7) is 5.55. The summed E-state index contributed by atoms with van der Waals surface area (Å²) in [6.07, 6.45) is 0. The molecule has 2 aromatic carbocycles. The zero-order valence-corrected chi connectivity index (χ0v) is 13.9. The molecule has 0 radical (unpaired) electrons. The van der Waals surface area contributed by atoms with Gasteiger partial charge in [0.05, 0.1) is 10.6 Å². The average molecular weight is 316 g/mol. The van der Waals surface area contributed by atoms with Crippen molar-refractivity contribution >= 4 is 15.6 Å². The summed E-state index contributed by atoms with van der Waals surface area (Å²) in [5, 5.41) is 0. The van der Waals surface area contributed by atoms with Crippen LogP contribution >= 0.6 is 0 Å². The number of carbonyl (C=O) groups excluding carboxylic acids is 1. The number of sulfone groups is 1. The van der Waals surface area contributed by atoms with Crippen LogP contribution in [0.25, 0.3) is 0 Å². The maximum atomic E-state index is 12.5. The van der Waals surface area contributed by atoms with Gasteiger partial charge in [-0.2, -0.15) is 0 Å². The number of hydrogen-bond acceptors (Lipinski definition) is 3. The van der Waals surface area contributed by atoms with Gasteiger partial charge in [0, 0.05) is 11.5 Å². The number of ketones is 1. The summed E-state index contributed by atoms with van der Waals surface area (Å²) in [4.78, 5) is 12.1. The number of Topliss-reactive ketones (excluding diaryl/α,β-unsaturated/α-hetero) is 1. The highest BCUT2D eigenvalue weighted by Crippen LogP contribution is 2.20. The van der Waals surface area contributed by atoms with Crippen LogP contribution in [0, 0.1) is 12.8 Å². The second-order valence-corrected chi connectivity index (χ2v) is 7.72. The third-order valence-electron chi connectivity index (χ3n) is 3.63. The molecule has 2 rings (SSSR count). The van der Waals surface area contributed by atoms with Crippen LogP contribution in [0.15, 0.2) is 53.4 Å². The summed E-state index contributed by atoms with van der Waals surface area (Å²) in [5.41, 5.74) is 2.30. The SMILES string of the molecule is Cc1ccccc1CS(=O)(=O)c1ccc(C(=O)C(C)C)cc1. The fraction of sp³-hybridized carbons (Fsp3) is 0.278. The van der Waals surface area contributed by atoms with Crippen LogP contribution in [-0.2, 0) is 15.6 Å². The van der Waals surface area contributed by atoms with Crippen LogP contribution < -0.4 is 0 Å². The second-order valence-electron chi connectivity index (χ2n) is 5.73. The van der Waals surface area contributed by atoms with Crippen LogP contribution in [0.5, 0.6) is 0 Å². The van der Waals surface area contributed by atoms with Crippen molar-refractivity contribution in [2.75, 3.05) is 0 Å². The minimum Gasteiger partial charge on any atom is -0.294 e. The maximum absolute atomic E-state index is 12.5. The van der Waals surface area contributed by atoms with Crippen molar-refractivity contribution in [3.8, 4) is 0 Å². The highest BCUT2D eigenvalue weighted by atomic mass is 32.2. The molecule has 116 valence electrons. The third-order valence-corrected chi connectivity index (χ3v) is 5.31. The van der Waals surface area contributed by atoms with Crippen LogP contribution in [0.3, 0.4) is 0 Å². The lowest BCUT2D eigenvalue weighted by molar-refractivity contribution is 0.0939. The van der Waals surface area contributed by atoms with Gasteiger partial charge in [0.2, 0.25) is 0 Å². The topological polar surface area (TPSA) is 51.2 Å². The number of rotatable bonds is 5. The minimum absolute atomic E-state index is 0.0165. The van der Waals surface area contributed by atoms with E-state index in [-0.39, 0.29) is 22.3 Å². The Balaban J connectivity index is 2.27. The molecule has 0 fully saturated rings. The largest absolute Gasteiger partial charge is 0.294 e. The van der Waals surface area contributed by atoms with Crippen molar-refractivity contribution in [3.05, 3.63) is 65.2 Å². The second kappa shape index (κ2) is 6.44. The minimum atomic E-state index is -3.41. The molecular weight excluding hydrogens is 296 g/mol. The molecule has 0 saturated heterocycles. The number of benzene rings is 2. The van der Waals surface area contributed by atoms with E-state index in [0.717, 1.165) is 11.1 Å². The zero-order valence-electron chi connectivity index (χ0n) is 13.0. The quantitative estimate of drug-likeness (QED) is 0.788. The van der Waals surface area contributed by atoms with Crippen molar-refractivity contribution in [2.45, 2.75) is 31.4 Å². The molecule has 0 spiro atoms. The van der Waals surface area contributed by atoms with Crippen molar-refractivity contribution in [1.82, 2.24) is 0 Å². The van der Waals surface area contributed by atoms with Gasteiger partial charge in [-0.1, -0.05) is 50.2 Å². The van der Waals surface area contributed by atoms with Gasteiger partial charge in [-0.3, -0.25) is 4.79 Å². The summed E-state index contributed by atoms with van der Waals surface area (Å²) < 4.78 is 25.0. The molecule has 22 heavy (non-hydrogen) atoms. The molecule has 0 amide bonds. The average Bonchev–Trinajstić information content (AvgIpc) is 2.49. The Morgan fingerprint density at radius 3 is 2.14 bits per heavy atom. The molecule has 0 unspecified atom stereocenters. The molecule has 0 aliphatic heterocycles. The Labute approximate surface area is 131 Å². The third kappa shape index (κ3) is 3.63. The van der Waals surface area contributed by atoms with Gasteiger partial charge in [-0.05, 0) is 30.2 Å². The number of carbonyl (C=O) groups is 1. The molecule has 0 N–H and O–H groups in total. The number of hydrogen-bond donors (Lipinski definition) is 0. The standard InChI is InChI=1S/C18H20O3S/c1-13(2)18(19)15-8-10-17(11-9-15)22(20,21)12-16-7-5-4-6-14(16)3/h4-11,13H,12H2,1-3H3. The van der Waals surface area contributed by atoms with E-state index in [1.54, 1.807) is 12.1 Å². The molecule has 4 heteroatoms. The Bertz CT molecular complexity index is 772. The monoisotopic (exact) mass is 316 g/mol. The molecule has 0 heterocycles. The van der Waals surface area contributed by atoms with Crippen molar-refractivity contribution in [2.24, 2.45) is 5.92 Å². The first-order chi connectivity index (χ1) is 10.3. The molecule has 0 aromatic heterocycles. The van der Waals surface area contributed by atoms with E-state index >= 15 is 0 Å². The lowest BCUT2D eigenvalue weighted by atomic mass is 10.0. The predicted octanol–water partition coefficient (Wildman–Crippen LogP) is 3.81. The highest BCUT2D eigenvalue weighted by Gasteiger charge is 2.17. The van der Waals surface area contributed by atoms with Crippen molar-refractivity contribution in [3.63, 3.8) is 0 Å². The summed E-state index contributed by atoms with van der Waals surface area (Å²) in [5.74, 6) is -0.116. The van der Waals surface area contributed by atoms with Gasteiger partial charge in [-0.15, -0.1) is 0 Å². The molecule has 0 saturated carbocycles. The van der Waals surface area contributed by atoms with E-state index in [0.29, 0.717) is 5.56 Å². The van der Waals surface area contributed by atoms with Gasteiger partial charge >= 0.3 is 0 Å². The van der Waals surface area contributed by atoms with Gasteiger partial charge in [0.15, 0.2) is 15.6 Å². The Morgan fingerprint density at radius 2 is 1.59 bits per heavy atom. The fourth-order valence-electron chi connectivity index (χ4n) is 2.22. The molecule has 0 aliphatic carbocycles. The molecular formula is C18H20O3S. The molecule has 0 aliphatic rings. The molecule has 2 aromatic rings. The van der Waals surface area contributed by atoms with Crippen molar-refractivity contribution < 1.29 is 13.2 Å². The zero-order chi connectivity index (χ0) is 16.3. The highest BCUT2D eigenvalue weighted by molar-refractivity contribution is 7.90. The van der Waals surface area contributed by atoms with Gasteiger partial charge in [-0.25, -0.2) is 8.42 Å². The van der Waals surface area contributed by atoms with E-state index in [2.05, 4.69) is 0 Å². The van der Waals surface area contributed by atoms with E-state index in [4.69, 9.17) is 0 Å². The lowest BCUT2D eigenvalue weighted by Crippen LogP contribution is -2.09. The van der Waals surface area contributed by atoms with Gasteiger partial charge in [0.25, 0.3) is 0 Å². The predicted molar refractivity (Wildman–Crippen MR) is 87.7 cm³/mol. The lowest BCUT2D eigenvalue weighted by Gasteiger charge is -2.09. The molecule has 0 atom stereocenters. The molecule has 0 bridgehead atoms. The maximum Gasteiger partial charge on any atom is 0.182 e. The summed E-state index contributed by atoms with van der Waals surface area (Å²) >= 11 is 0. The van der Waals surface area contributed by atoms with Gasteiger partial charge in [0.1, 0.15) is 0 Å². The summed E-state index contributed by atoms with van der Waals surface area (Å²) in [7, 11) is -3.41. The normalized spacial score (nSPS) is 11.6. The fourth-order valence-corrected chi connectivity index (χ4v) is 3.67. The first-order valence-electron chi connectivity index (χ1n) is 7.23. The van der Waals surface area contributed by atoms with Crippen LogP contribution in [0.1, 0.15) is 35.3 Å². The van der Waals surface area contributed by atoms with Gasteiger partial charge < -0.3 is 0 Å². The van der Waals surface area contributed by atoms with Crippen LogP contribution in [0.4, 0.5) is 0 Å². The first kappa shape index (κ1) is 16.4. The smallest absolute Gasteiger partial charge is 0.182 e. The van der Waals surface area contributed by atoms with Crippen molar-refractivity contribution in [1.29, 1.82) is 0 Å². The Morgan fingerprint density at radius 1 is 1.00 bits per heavy atom. The Hall–Kier alpha value is -1.94. The van der Waals surface area contributed by atoms with E-state index in [1.807, 2.05) is 45.0 Å². The van der Waals surface area contributed by atoms with Crippen LogP contribution in [-0.4, -0.2) is 14.2 Å². The summed E-state index contributed by atoms with van der Waals surface area (Å²) in [6, 6.07) is 13.7. The Kier molecular flexibility index (Phi) is 4.81. The van der Waals surface area contributed by atoms with E-state index < -0.39 is 9.84 Å². The van der Waals surface area contributed by atoms with Crippen LogP contribution in [0.2, 0.25) is 0 Å². The number of aryl methyl sites for hydroxylation is 1. The first-order valence-corrected chi connectivity index (χ1v) is 8.88. The van der Waals surface area contributed by atoms with E-state index in [1.165, 1.54) is 12.1 Å².